The first-order valence-electron chi connectivity index (χ1n) is 8.28. The predicted octanol–water partition coefficient (Wildman–Crippen LogP) is 2.00. The Morgan fingerprint density at radius 3 is 2.96 bits per heavy atom. The predicted molar refractivity (Wildman–Crippen MR) is 98.1 cm³/mol. The van der Waals surface area contributed by atoms with Gasteiger partial charge in [-0.25, -0.2) is 0 Å². The fraction of sp³-hybridized carbons (Fsp3) is 0.167. The van der Waals surface area contributed by atoms with E-state index < -0.39 is 6.04 Å². The summed E-state index contributed by atoms with van der Waals surface area (Å²) in [5.41, 5.74) is 2.62. The van der Waals surface area contributed by atoms with Crippen LogP contribution in [0.5, 0.6) is 5.75 Å². The Bertz CT molecular complexity index is 1010. The van der Waals surface area contributed by atoms with Gasteiger partial charge in [-0.2, -0.15) is 4.68 Å². The Balaban J connectivity index is 1.78. The number of fused-ring (bicyclic) bond motifs is 1. The first kappa shape index (κ1) is 16.7. The van der Waals surface area contributed by atoms with E-state index in [1.807, 2.05) is 31.2 Å². The average molecular weight is 363 g/mol. The van der Waals surface area contributed by atoms with E-state index in [1.54, 1.807) is 36.3 Å². The number of benzene rings is 1. The lowest BCUT2D eigenvalue weighted by molar-refractivity contribution is -0.113. The molecule has 1 atom stereocenters. The van der Waals surface area contributed by atoms with Gasteiger partial charge in [0.05, 0.1) is 24.6 Å². The molecule has 0 radical (unpaired) electrons. The lowest BCUT2D eigenvalue weighted by atomic mass is 9.95. The highest BCUT2D eigenvalue weighted by Gasteiger charge is 2.34. The van der Waals surface area contributed by atoms with Crippen molar-refractivity contribution in [3.63, 3.8) is 0 Å². The number of ether oxygens (including phenoxy) is 1. The molecule has 9 nitrogen and oxygen atoms in total. The van der Waals surface area contributed by atoms with Crippen molar-refractivity contribution in [1.29, 1.82) is 0 Å². The molecule has 2 aromatic heterocycles. The second kappa shape index (κ2) is 6.87. The summed E-state index contributed by atoms with van der Waals surface area (Å²) in [6.45, 7) is 1.82. The third-order valence-corrected chi connectivity index (χ3v) is 4.29. The van der Waals surface area contributed by atoms with Crippen molar-refractivity contribution in [2.75, 3.05) is 17.7 Å². The summed E-state index contributed by atoms with van der Waals surface area (Å²) in [4.78, 5) is 17.1. The molecular weight excluding hydrogens is 346 g/mol. The molecule has 1 aliphatic heterocycles. The van der Waals surface area contributed by atoms with Crippen LogP contribution in [0.3, 0.4) is 0 Å². The summed E-state index contributed by atoms with van der Waals surface area (Å²) in [6, 6.07) is 10.5. The number of pyridine rings is 1. The van der Waals surface area contributed by atoms with E-state index in [2.05, 4.69) is 31.1 Å². The fourth-order valence-electron chi connectivity index (χ4n) is 3.06. The van der Waals surface area contributed by atoms with Crippen molar-refractivity contribution in [1.82, 2.24) is 25.2 Å². The molecule has 0 saturated heterocycles. The smallest absolute Gasteiger partial charge is 0.255 e. The van der Waals surface area contributed by atoms with Gasteiger partial charge in [-0.05, 0) is 47.2 Å². The molecule has 1 aromatic carbocycles. The summed E-state index contributed by atoms with van der Waals surface area (Å²) >= 11 is 0. The second-order valence-corrected chi connectivity index (χ2v) is 5.99. The number of hydrogen-bond acceptors (Lipinski definition) is 7. The van der Waals surface area contributed by atoms with Crippen LogP contribution in [0, 0.1) is 0 Å². The topological polar surface area (TPSA) is 107 Å². The van der Waals surface area contributed by atoms with Gasteiger partial charge in [0, 0.05) is 11.9 Å². The van der Waals surface area contributed by atoms with E-state index in [-0.39, 0.29) is 5.91 Å². The van der Waals surface area contributed by atoms with E-state index in [0.29, 0.717) is 28.7 Å². The third kappa shape index (κ3) is 3.10. The van der Waals surface area contributed by atoms with E-state index in [9.17, 15) is 4.79 Å². The van der Waals surface area contributed by atoms with Gasteiger partial charge in [0.25, 0.3) is 5.91 Å². The van der Waals surface area contributed by atoms with E-state index in [1.165, 1.54) is 0 Å². The number of carbonyl (C=O) groups excluding carboxylic acids is 1. The number of methoxy groups -OCH3 is 1. The molecule has 1 unspecified atom stereocenters. The number of anilines is 2. The zero-order valence-corrected chi connectivity index (χ0v) is 14.7. The Hall–Kier alpha value is -3.75. The number of tetrazole rings is 1. The molecule has 3 aromatic rings. The van der Waals surface area contributed by atoms with Gasteiger partial charge in [-0.1, -0.05) is 17.2 Å². The zero-order valence-electron chi connectivity index (χ0n) is 14.7. The van der Waals surface area contributed by atoms with E-state index in [0.717, 1.165) is 5.56 Å². The molecule has 4 rings (SSSR count). The molecule has 0 spiro atoms. The molecule has 1 aliphatic rings. The van der Waals surface area contributed by atoms with E-state index in [4.69, 9.17) is 4.74 Å². The van der Waals surface area contributed by atoms with Crippen LogP contribution in [0.4, 0.5) is 11.6 Å². The molecule has 0 saturated carbocycles. The normalized spacial score (nSPS) is 15.7. The summed E-state index contributed by atoms with van der Waals surface area (Å²) < 4.78 is 6.92. The summed E-state index contributed by atoms with van der Waals surface area (Å²) in [5, 5.41) is 17.8. The third-order valence-electron chi connectivity index (χ3n) is 4.29. The standard InChI is InChI=1S/C18H17N7O2/c1-11-15(17(26)21-13-6-4-8-19-10-13)16(25-18(20-11)22-23-24-25)12-5-3-7-14(9-12)27-2/h3-10,16H,1-2H3,(H,21,26)(H,20,22,24). The number of aromatic nitrogens is 5. The molecule has 27 heavy (non-hydrogen) atoms. The van der Waals surface area contributed by atoms with Gasteiger partial charge in [0.2, 0.25) is 5.95 Å². The van der Waals surface area contributed by atoms with Crippen LogP contribution >= 0.6 is 0 Å². The van der Waals surface area contributed by atoms with Crippen LogP contribution in [-0.4, -0.2) is 38.2 Å². The van der Waals surface area contributed by atoms with Crippen molar-refractivity contribution >= 4 is 17.5 Å². The lowest BCUT2D eigenvalue weighted by Crippen LogP contribution is -2.31. The van der Waals surface area contributed by atoms with Crippen molar-refractivity contribution in [3.05, 3.63) is 65.6 Å². The molecule has 136 valence electrons. The molecule has 9 heteroatoms. The molecule has 0 aliphatic carbocycles. The van der Waals surface area contributed by atoms with Crippen molar-refractivity contribution in [3.8, 4) is 5.75 Å². The minimum atomic E-state index is -0.497. The molecular formula is C18H17N7O2. The van der Waals surface area contributed by atoms with Gasteiger partial charge in [-0.3, -0.25) is 9.78 Å². The van der Waals surface area contributed by atoms with E-state index >= 15 is 0 Å². The van der Waals surface area contributed by atoms with Gasteiger partial charge in [-0.15, -0.1) is 0 Å². The van der Waals surface area contributed by atoms with Crippen molar-refractivity contribution in [2.24, 2.45) is 0 Å². The summed E-state index contributed by atoms with van der Waals surface area (Å²) in [6.07, 6.45) is 3.24. The van der Waals surface area contributed by atoms with Gasteiger partial charge in [0.1, 0.15) is 11.8 Å². The Kier molecular flexibility index (Phi) is 4.25. The Morgan fingerprint density at radius 1 is 1.30 bits per heavy atom. The van der Waals surface area contributed by atoms with Crippen LogP contribution in [0.1, 0.15) is 18.5 Å². The largest absolute Gasteiger partial charge is 0.497 e. The maximum absolute atomic E-state index is 13.1. The van der Waals surface area contributed by atoms with Crippen molar-refractivity contribution < 1.29 is 9.53 Å². The number of hydrogen-bond donors (Lipinski definition) is 2. The van der Waals surface area contributed by atoms with Crippen LogP contribution < -0.4 is 15.4 Å². The molecule has 1 amide bonds. The SMILES string of the molecule is COc1cccc(C2C(C(=O)Nc3cccnc3)=C(C)Nc3nnnn32)c1. The highest BCUT2D eigenvalue weighted by atomic mass is 16.5. The summed E-state index contributed by atoms with van der Waals surface area (Å²) in [5.74, 6) is 0.894. The lowest BCUT2D eigenvalue weighted by Gasteiger charge is -2.28. The highest BCUT2D eigenvalue weighted by molar-refractivity contribution is 6.05. The van der Waals surface area contributed by atoms with Crippen LogP contribution in [0.15, 0.2) is 60.1 Å². The second-order valence-electron chi connectivity index (χ2n) is 5.99. The van der Waals surface area contributed by atoms with Gasteiger partial charge in [0.15, 0.2) is 0 Å². The highest BCUT2D eigenvalue weighted by Crippen LogP contribution is 2.35. The number of amides is 1. The first-order valence-corrected chi connectivity index (χ1v) is 8.28. The van der Waals surface area contributed by atoms with Crippen LogP contribution in [0.25, 0.3) is 0 Å². The Labute approximate surface area is 155 Å². The number of carbonyl (C=O) groups is 1. The van der Waals surface area contributed by atoms with Crippen molar-refractivity contribution in [2.45, 2.75) is 13.0 Å². The zero-order chi connectivity index (χ0) is 18.8. The molecule has 0 bridgehead atoms. The summed E-state index contributed by atoms with van der Waals surface area (Å²) in [7, 11) is 1.60. The maximum Gasteiger partial charge on any atom is 0.255 e. The first-order chi connectivity index (χ1) is 13.2. The van der Waals surface area contributed by atoms with Gasteiger partial charge < -0.3 is 15.4 Å². The average Bonchev–Trinajstić information content (AvgIpc) is 3.15. The number of allylic oxidation sites excluding steroid dienone is 1. The van der Waals surface area contributed by atoms with Gasteiger partial charge >= 0.3 is 0 Å². The quantitative estimate of drug-likeness (QED) is 0.730. The fourth-order valence-corrected chi connectivity index (χ4v) is 3.06. The number of nitrogens with zero attached hydrogens (tertiary/aromatic N) is 5. The van der Waals surface area contributed by atoms with Crippen LogP contribution in [-0.2, 0) is 4.79 Å². The minimum Gasteiger partial charge on any atom is -0.497 e. The number of rotatable bonds is 4. The molecule has 0 fully saturated rings. The Morgan fingerprint density at radius 2 is 2.19 bits per heavy atom. The van der Waals surface area contributed by atoms with Crippen LogP contribution in [0.2, 0.25) is 0 Å². The maximum atomic E-state index is 13.1. The molecule has 3 heterocycles. The monoisotopic (exact) mass is 363 g/mol. The minimum absolute atomic E-state index is 0.262. The number of nitrogens with one attached hydrogen (secondary N) is 2. The molecule has 2 N–H and O–H groups in total.